The zero-order chi connectivity index (χ0) is 12.4. The number of benzene rings is 1. The van der Waals surface area contributed by atoms with E-state index < -0.39 is 0 Å². The van der Waals surface area contributed by atoms with Crippen LogP contribution in [0.4, 0.5) is 11.4 Å². The molecule has 1 aromatic heterocycles. The zero-order valence-corrected chi connectivity index (χ0v) is 11.5. The van der Waals surface area contributed by atoms with Crippen molar-refractivity contribution in [3.8, 4) is 0 Å². The van der Waals surface area contributed by atoms with Gasteiger partial charge in [0.25, 0.3) is 0 Å². The van der Waals surface area contributed by atoms with Crippen molar-refractivity contribution in [1.29, 1.82) is 0 Å². The smallest absolute Gasteiger partial charge is 0.105 e. The maximum Gasteiger partial charge on any atom is 0.105 e. The normalized spacial score (nSPS) is 10.5. The van der Waals surface area contributed by atoms with E-state index in [9.17, 15) is 0 Å². The molecule has 17 heavy (non-hydrogen) atoms. The van der Waals surface area contributed by atoms with Crippen molar-refractivity contribution in [3.63, 3.8) is 0 Å². The van der Waals surface area contributed by atoms with Crippen LogP contribution in [0.25, 0.3) is 0 Å². The summed E-state index contributed by atoms with van der Waals surface area (Å²) in [4.78, 5) is 2.11. The van der Waals surface area contributed by atoms with Gasteiger partial charge in [0.1, 0.15) is 5.76 Å². The SMILES string of the molecule is Cc1occc1CN(C)c1ccc(Br)cc1N. The highest BCUT2D eigenvalue weighted by atomic mass is 79.9. The van der Waals surface area contributed by atoms with Gasteiger partial charge in [-0.15, -0.1) is 0 Å². The number of hydrogen-bond donors (Lipinski definition) is 1. The topological polar surface area (TPSA) is 42.4 Å². The van der Waals surface area contributed by atoms with Crippen molar-refractivity contribution in [2.24, 2.45) is 0 Å². The van der Waals surface area contributed by atoms with Gasteiger partial charge in [0, 0.05) is 23.6 Å². The third-order valence-corrected chi connectivity index (χ3v) is 3.27. The summed E-state index contributed by atoms with van der Waals surface area (Å²) >= 11 is 3.40. The molecule has 0 aliphatic rings. The maximum absolute atomic E-state index is 5.99. The highest BCUT2D eigenvalue weighted by molar-refractivity contribution is 9.10. The second-order valence-electron chi connectivity index (χ2n) is 4.06. The third-order valence-electron chi connectivity index (χ3n) is 2.77. The van der Waals surface area contributed by atoms with Crippen LogP contribution in [-0.4, -0.2) is 7.05 Å². The number of halogens is 1. The highest BCUT2D eigenvalue weighted by Crippen LogP contribution is 2.27. The van der Waals surface area contributed by atoms with Crippen molar-refractivity contribution in [2.45, 2.75) is 13.5 Å². The van der Waals surface area contributed by atoms with Gasteiger partial charge < -0.3 is 15.1 Å². The Bertz CT molecular complexity index is 522. The Kier molecular flexibility index (Phi) is 3.43. The fraction of sp³-hybridized carbons (Fsp3) is 0.231. The number of nitrogen functional groups attached to an aromatic ring is 1. The number of anilines is 2. The van der Waals surface area contributed by atoms with Crippen molar-refractivity contribution >= 4 is 27.3 Å². The predicted molar refractivity (Wildman–Crippen MR) is 74.1 cm³/mol. The Balaban J connectivity index is 2.20. The van der Waals surface area contributed by atoms with Crippen LogP contribution < -0.4 is 10.6 Å². The van der Waals surface area contributed by atoms with Gasteiger partial charge in [-0.1, -0.05) is 15.9 Å². The first-order chi connectivity index (χ1) is 8.08. The number of nitrogens with zero attached hydrogens (tertiary/aromatic N) is 1. The number of aryl methyl sites for hydroxylation is 1. The van der Waals surface area contributed by atoms with Gasteiger partial charge in [0.15, 0.2) is 0 Å². The monoisotopic (exact) mass is 294 g/mol. The molecule has 0 radical (unpaired) electrons. The largest absolute Gasteiger partial charge is 0.469 e. The standard InChI is InChI=1S/C13H15BrN2O/c1-9-10(5-6-17-9)8-16(2)13-4-3-11(14)7-12(13)15/h3-7H,8,15H2,1-2H3. The summed E-state index contributed by atoms with van der Waals surface area (Å²) < 4.78 is 6.28. The molecule has 0 aliphatic heterocycles. The lowest BCUT2D eigenvalue weighted by molar-refractivity contribution is 0.529. The Hall–Kier alpha value is -1.42. The lowest BCUT2D eigenvalue weighted by atomic mass is 10.2. The van der Waals surface area contributed by atoms with E-state index >= 15 is 0 Å². The summed E-state index contributed by atoms with van der Waals surface area (Å²) in [6.45, 7) is 2.75. The molecule has 2 N–H and O–H groups in total. The van der Waals surface area contributed by atoms with Gasteiger partial charge in [-0.05, 0) is 31.2 Å². The molecule has 0 amide bonds. The molecule has 0 saturated carbocycles. The van der Waals surface area contributed by atoms with Crippen molar-refractivity contribution < 1.29 is 4.42 Å². The van der Waals surface area contributed by atoms with E-state index in [1.54, 1.807) is 6.26 Å². The second-order valence-corrected chi connectivity index (χ2v) is 4.98. The molecule has 0 fully saturated rings. The maximum atomic E-state index is 5.99. The van der Waals surface area contributed by atoms with Crippen LogP contribution in [-0.2, 0) is 6.54 Å². The van der Waals surface area contributed by atoms with Gasteiger partial charge in [0.2, 0.25) is 0 Å². The van der Waals surface area contributed by atoms with E-state index in [1.165, 1.54) is 5.56 Å². The van der Waals surface area contributed by atoms with Crippen LogP contribution in [0.15, 0.2) is 39.4 Å². The van der Waals surface area contributed by atoms with E-state index in [0.29, 0.717) is 0 Å². The molecule has 90 valence electrons. The lowest BCUT2D eigenvalue weighted by Crippen LogP contribution is -2.17. The van der Waals surface area contributed by atoms with Gasteiger partial charge in [-0.2, -0.15) is 0 Å². The minimum atomic E-state index is 0.767. The van der Waals surface area contributed by atoms with Crippen molar-refractivity contribution in [3.05, 3.63) is 46.3 Å². The van der Waals surface area contributed by atoms with Crippen LogP contribution in [0.2, 0.25) is 0 Å². The number of furan rings is 1. The van der Waals surface area contributed by atoms with Crippen LogP contribution in [0.1, 0.15) is 11.3 Å². The minimum Gasteiger partial charge on any atom is -0.469 e. The summed E-state index contributed by atoms with van der Waals surface area (Å²) in [5.74, 6) is 0.951. The van der Waals surface area contributed by atoms with Gasteiger partial charge in [-0.25, -0.2) is 0 Å². The van der Waals surface area contributed by atoms with E-state index in [-0.39, 0.29) is 0 Å². The predicted octanol–water partition coefficient (Wildman–Crippen LogP) is 3.57. The molecule has 1 aromatic carbocycles. The molecule has 0 unspecified atom stereocenters. The molecular formula is C13H15BrN2O. The molecule has 0 aliphatic carbocycles. The zero-order valence-electron chi connectivity index (χ0n) is 9.90. The summed E-state index contributed by atoms with van der Waals surface area (Å²) in [5.41, 5.74) is 8.96. The summed E-state index contributed by atoms with van der Waals surface area (Å²) in [6, 6.07) is 7.90. The first-order valence-corrected chi connectivity index (χ1v) is 6.16. The average molecular weight is 295 g/mol. The molecule has 1 heterocycles. The molecule has 4 heteroatoms. The van der Waals surface area contributed by atoms with E-state index in [4.69, 9.17) is 10.2 Å². The molecule has 0 spiro atoms. The number of rotatable bonds is 3. The quantitative estimate of drug-likeness (QED) is 0.880. The number of nitrogens with two attached hydrogens (primary N) is 1. The van der Waals surface area contributed by atoms with Crippen molar-refractivity contribution in [1.82, 2.24) is 0 Å². The van der Waals surface area contributed by atoms with Gasteiger partial charge in [0.05, 0.1) is 17.6 Å². The molecule has 0 bridgehead atoms. The Labute approximate surface area is 109 Å². The average Bonchev–Trinajstić information content (AvgIpc) is 2.64. The van der Waals surface area contributed by atoms with Crippen LogP contribution in [0.3, 0.4) is 0 Å². The van der Waals surface area contributed by atoms with Crippen LogP contribution >= 0.6 is 15.9 Å². The fourth-order valence-corrected chi connectivity index (χ4v) is 2.17. The molecule has 2 rings (SSSR count). The van der Waals surface area contributed by atoms with Crippen LogP contribution in [0.5, 0.6) is 0 Å². The summed E-state index contributed by atoms with van der Waals surface area (Å²) in [7, 11) is 2.02. The van der Waals surface area contributed by atoms with Gasteiger partial charge >= 0.3 is 0 Å². The molecule has 3 nitrogen and oxygen atoms in total. The summed E-state index contributed by atoms with van der Waals surface area (Å²) in [5, 5.41) is 0. The van der Waals surface area contributed by atoms with E-state index in [0.717, 1.165) is 28.2 Å². The minimum absolute atomic E-state index is 0.767. The molecule has 2 aromatic rings. The Morgan fingerprint density at radius 1 is 1.35 bits per heavy atom. The van der Waals surface area contributed by atoms with E-state index in [2.05, 4.69) is 20.8 Å². The summed E-state index contributed by atoms with van der Waals surface area (Å²) in [6.07, 6.45) is 1.71. The van der Waals surface area contributed by atoms with Crippen LogP contribution in [0, 0.1) is 6.92 Å². The lowest BCUT2D eigenvalue weighted by Gasteiger charge is -2.20. The first kappa shape index (κ1) is 12.0. The molecule has 0 saturated heterocycles. The Morgan fingerprint density at radius 2 is 2.12 bits per heavy atom. The van der Waals surface area contributed by atoms with E-state index in [1.807, 2.05) is 38.2 Å². The fourth-order valence-electron chi connectivity index (χ4n) is 1.79. The van der Waals surface area contributed by atoms with Crippen molar-refractivity contribution in [2.75, 3.05) is 17.7 Å². The Morgan fingerprint density at radius 3 is 2.71 bits per heavy atom. The molecule has 0 atom stereocenters. The first-order valence-electron chi connectivity index (χ1n) is 5.37. The molecular weight excluding hydrogens is 280 g/mol. The third kappa shape index (κ3) is 2.64. The number of hydrogen-bond acceptors (Lipinski definition) is 3. The second kappa shape index (κ2) is 4.84. The van der Waals surface area contributed by atoms with Gasteiger partial charge in [-0.3, -0.25) is 0 Å². The highest BCUT2D eigenvalue weighted by Gasteiger charge is 2.09.